The highest BCUT2D eigenvalue weighted by Crippen LogP contribution is 2.32. The highest BCUT2D eigenvalue weighted by atomic mass is 35.5. The second-order valence-corrected chi connectivity index (χ2v) is 16.5. The molecule has 4 unspecified atom stereocenters. The zero-order valence-electron chi connectivity index (χ0n) is 34.9. The van der Waals surface area contributed by atoms with E-state index in [0.29, 0.717) is 11.4 Å². The molecule has 0 radical (unpaired) electrons. The third kappa shape index (κ3) is 13.9. The lowest BCUT2D eigenvalue weighted by molar-refractivity contribution is -0.127. The SMILES string of the molecule is CC(=O)C(N=Nc1cc(C(=O)Nc2cccc(C(C)Cl)c2)ccc1Cl)C(=O)Nc1ccc(NC(=O)C(N=Nc2cc(C(=O)Nc3cccc(C(C)Cl)c3)ccc2Cl)C(C)=O)c(OCCl)c1. The van der Waals surface area contributed by atoms with Gasteiger partial charge in [0, 0.05) is 34.3 Å². The van der Waals surface area contributed by atoms with Crippen LogP contribution in [0.4, 0.5) is 34.1 Å². The van der Waals surface area contributed by atoms with Gasteiger partial charge in [-0.3, -0.25) is 28.8 Å². The fourth-order valence-corrected chi connectivity index (χ4v) is 6.46. The summed E-state index contributed by atoms with van der Waals surface area (Å²) in [7, 11) is 0. The predicted octanol–water partition coefficient (Wildman–Crippen LogP) is 12.0. The largest absolute Gasteiger partial charge is 0.476 e. The topological polar surface area (TPSA) is 209 Å². The van der Waals surface area contributed by atoms with E-state index in [2.05, 4.69) is 41.7 Å². The molecule has 4 amide bonds. The van der Waals surface area contributed by atoms with E-state index in [4.69, 9.17) is 62.7 Å². The van der Waals surface area contributed by atoms with E-state index in [1.807, 2.05) is 12.1 Å². The molecule has 5 aromatic rings. The number of ether oxygens (including phenoxy) is 1. The minimum atomic E-state index is -1.67. The number of Topliss-reactive ketones (excluding diaryl/α,β-unsaturated/α-hetero) is 2. The molecule has 0 saturated heterocycles. The first-order chi connectivity index (χ1) is 30.9. The van der Waals surface area contributed by atoms with E-state index < -0.39 is 53.3 Å². The van der Waals surface area contributed by atoms with Crippen molar-refractivity contribution in [2.24, 2.45) is 20.5 Å². The van der Waals surface area contributed by atoms with Gasteiger partial charge in [-0.1, -0.05) is 59.1 Å². The first-order valence-corrected chi connectivity index (χ1v) is 21.6. The van der Waals surface area contributed by atoms with Gasteiger partial charge in [0.05, 0.1) is 26.5 Å². The van der Waals surface area contributed by atoms with Crippen molar-refractivity contribution in [3.05, 3.63) is 135 Å². The summed E-state index contributed by atoms with van der Waals surface area (Å²) in [5.41, 5.74) is 3.13. The van der Waals surface area contributed by atoms with E-state index in [1.165, 1.54) is 54.6 Å². The second kappa shape index (κ2) is 23.1. The van der Waals surface area contributed by atoms with Crippen LogP contribution in [0.2, 0.25) is 10.0 Å². The van der Waals surface area contributed by atoms with Gasteiger partial charge in [0.15, 0.2) is 17.6 Å². The Labute approximate surface area is 398 Å². The summed E-state index contributed by atoms with van der Waals surface area (Å²) in [4.78, 5) is 78.2. The van der Waals surface area contributed by atoms with Crippen LogP contribution in [0.15, 0.2) is 124 Å². The normalized spacial score (nSPS) is 13.1. The van der Waals surface area contributed by atoms with Crippen LogP contribution in [0.1, 0.15) is 70.3 Å². The van der Waals surface area contributed by atoms with Gasteiger partial charge in [0.2, 0.25) is 12.1 Å². The molecule has 0 aliphatic rings. The Morgan fingerprint density at radius 2 is 1.02 bits per heavy atom. The lowest BCUT2D eigenvalue weighted by atomic mass is 10.1. The van der Waals surface area contributed by atoms with Crippen molar-refractivity contribution in [1.29, 1.82) is 0 Å². The summed E-state index contributed by atoms with van der Waals surface area (Å²) in [5.74, 6) is -4.16. The number of carbonyl (C=O) groups excluding carboxylic acids is 6. The summed E-state index contributed by atoms with van der Waals surface area (Å²) < 4.78 is 5.49. The molecule has 0 spiro atoms. The van der Waals surface area contributed by atoms with Crippen molar-refractivity contribution in [1.82, 2.24) is 0 Å². The molecular weight excluding hydrogens is 942 g/mol. The maximum Gasteiger partial charge on any atom is 0.258 e. The second-order valence-electron chi connectivity index (χ2n) is 14.1. The Kier molecular flexibility index (Phi) is 17.7. The number of hydrogen-bond donors (Lipinski definition) is 4. The van der Waals surface area contributed by atoms with Gasteiger partial charge in [-0.25, -0.2) is 0 Å². The molecule has 336 valence electrons. The minimum absolute atomic E-state index is 0.00973. The van der Waals surface area contributed by atoms with E-state index in [9.17, 15) is 28.8 Å². The van der Waals surface area contributed by atoms with Crippen molar-refractivity contribution in [3.63, 3.8) is 0 Å². The molecule has 65 heavy (non-hydrogen) atoms. The summed E-state index contributed by atoms with van der Waals surface area (Å²) in [5, 5.41) is 26.2. The monoisotopic (exact) mass is 978 g/mol. The van der Waals surface area contributed by atoms with Crippen LogP contribution >= 0.6 is 58.0 Å². The molecule has 0 fully saturated rings. The Hall–Kier alpha value is -6.23. The Morgan fingerprint density at radius 1 is 0.569 bits per heavy atom. The summed E-state index contributed by atoms with van der Waals surface area (Å²) in [6.45, 7) is 5.88. The first-order valence-electron chi connectivity index (χ1n) is 19.4. The molecule has 0 aliphatic heterocycles. The van der Waals surface area contributed by atoms with Crippen LogP contribution in [0.25, 0.3) is 0 Å². The number of benzene rings is 5. The van der Waals surface area contributed by atoms with Crippen LogP contribution in [0.3, 0.4) is 0 Å². The van der Waals surface area contributed by atoms with Gasteiger partial charge < -0.3 is 26.0 Å². The molecular formula is C45H39Cl5N8O7. The molecule has 0 bridgehead atoms. The van der Waals surface area contributed by atoms with Crippen LogP contribution in [-0.2, 0) is 19.2 Å². The molecule has 20 heteroatoms. The molecule has 0 heterocycles. The summed E-state index contributed by atoms with van der Waals surface area (Å²) in [6.07, 6.45) is 0. The number of anilines is 4. The van der Waals surface area contributed by atoms with E-state index in [-0.39, 0.29) is 60.4 Å². The molecule has 5 rings (SSSR count). The zero-order valence-corrected chi connectivity index (χ0v) is 38.6. The molecule has 0 aliphatic carbocycles. The van der Waals surface area contributed by atoms with Crippen molar-refractivity contribution in [3.8, 4) is 5.75 Å². The van der Waals surface area contributed by atoms with Gasteiger partial charge in [-0.05, 0) is 112 Å². The third-order valence-corrected chi connectivity index (χ3v) is 10.4. The molecule has 0 aromatic heterocycles. The molecule has 0 saturated carbocycles. The minimum Gasteiger partial charge on any atom is -0.476 e. The molecule has 15 nitrogen and oxygen atoms in total. The van der Waals surface area contributed by atoms with Crippen molar-refractivity contribution in [2.45, 2.75) is 50.5 Å². The zero-order chi connectivity index (χ0) is 47.4. The number of ketones is 2. The van der Waals surface area contributed by atoms with E-state index >= 15 is 0 Å². The van der Waals surface area contributed by atoms with Gasteiger partial charge >= 0.3 is 0 Å². The molecule has 5 aromatic carbocycles. The van der Waals surface area contributed by atoms with Crippen molar-refractivity contribution >= 4 is 127 Å². The maximum absolute atomic E-state index is 13.4. The van der Waals surface area contributed by atoms with Crippen molar-refractivity contribution in [2.75, 3.05) is 27.3 Å². The predicted molar refractivity (Wildman–Crippen MR) is 253 cm³/mol. The number of nitrogens with one attached hydrogen (secondary N) is 4. The number of amides is 4. The van der Waals surface area contributed by atoms with Crippen LogP contribution in [0.5, 0.6) is 5.75 Å². The quantitative estimate of drug-likeness (QED) is 0.0379. The van der Waals surface area contributed by atoms with Gasteiger partial charge in [0.25, 0.3) is 23.6 Å². The highest BCUT2D eigenvalue weighted by molar-refractivity contribution is 6.33. The maximum atomic E-state index is 13.4. The van der Waals surface area contributed by atoms with Crippen molar-refractivity contribution < 1.29 is 33.5 Å². The number of carbonyl (C=O) groups is 6. The average molecular weight is 981 g/mol. The van der Waals surface area contributed by atoms with Crippen LogP contribution < -0.4 is 26.0 Å². The third-order valence-electron chi connectivity index (χ3n) is 9.17. The number of nitrogens with zero attached hydrogens (tertiary/aromatic N) is 4. The Balaban J connectivity index is 1.27. The molecule has 4 N–H and O–H groups in total. The number of hydrogen-bond acceptors (Lipinski definition) is 11. The lowest BCUT2D eigenvalue weighted by Gasteiger charge is -2.15. The number of azo groups is 2. The molecule has 4 atom stereocenters. The van der Waals surface area contributed by atoms with Gasteiger partial charge in [0.1, 0.15) is 17.1 Å². The van der Waals surface area contributed by atoms with E-state index in [0.717, 1.165) is 25.0 Å². The fourth-order valence-electron chi connectivity index (χ4n) is 5.77. The standard InChI is InChI=1S/C45H39Cl5N8O7/c1-23(47)27-7-5-9-31(17-27)51-42(61)29-11-14-34(49)37(19-29)55-57-40(25(3)59)44(63)53-33-13-16-36(39(21-33)65-22-46)54-45(64)41(26(4)60)58-56-38-20-30(12-15-35(38)50)43(62)52-32-10-6-8-28(18-32)24(2)48/h5-21,23-24,40-41H,22H2,1-4H3,(H,51,61)(H,52,62)(H,53,63)(H,54,64). The number of halogens is 5. The first kappa shape index (κ1) is 49.8. The van der Waals surface area contributed by atoms with Gasteiger partial charge in [-0.2, -0.15) is 20.5 Å². The number of alkyl halides is 3. The lowest BCUT2D eigenvalue weighted by Crippen LogP contribution is -2.32. The Morgan fingerprint density at radius 3 is 1.45 bits per heavy atom. The fraction of sp³-hybridized carbons (Fsp3) is 0.200. The summed E-state index contributed by atoms with van der Waals surface area (Å²) in [6, 6.07) is 22.9. The smallest absolute Gasteiger partial charge is 0.258 e. The number of rotatable bonds is 18. The average Bonchev–Trinajstić information content (AvgIpc) is 3.25. The summed E-state index contributed by atoms with van der Waals surface area (Å²) >= 11 is 30.9. The highest BCUT2D eigenvalue weighted by Gasteiger charge is 2.27. The van der Waals surface area contributed by atoms with Crippen LogP contribution in [0, 0.1) is 0 Å². The Bertz CT molecular complexity index is 2700. The van der Waals surface area contributed by atoms with Gasteiger partial charge in [-0.15, -0.1) is 23.2 Å². The van der Waals surface area contributed by atoms with E-state index in [1.54, 1.807) is 50.2 Å². The van der Waals surface area contributed by atoms with Crippen LogP contribution in [-0.4, -0.2) is 53.3 Å².